The van der Waals surface area contributed by atoms with Gasteiger partial charge < -0.3 is 15.4 Å². The summed E-state index contributed by atoms with van der Waals surface area (Å²) in [7, 11) is 0. The molecule has 1 saturated heterocycles. The second-order valence-electron chi connectivity index (χ2n) is 6.54. The summed E-state index contributed by atoms with van der Waals surface area (Å²) in [6, 6.07) is 8.02. The maximum Gasteiger partial charge on any atom is 0.267 e. The Balaban J connectivity index is 1.88. The van der Waals surface area contributed by atoms with E-state index in [4.69, 9.17) is 4.74 Å². The van der Waals surface area contributed by atoms with Gasteiger partial charge in [-0.1, -0.05) is 32.0 Å². The van der Waals surface area contributed by atoms with Crippen LogP contribution in [-0.4, -0.2) is 50.2 Å². The largest absolute Gasteiger partial charge is 0.390 e. The van der Waals surface area contributed by atoms with Crippen LogP contribution in [0.2, 0.25) is 0 Å². The molecule has 146 valence electrons. The standard InChI is InChI=1S/C21H30N4O2/c1-3-17-7-5-8-18(4-2)20(17)24-21(26)19(15-22)16-23-9-6-10-25-11-13-27-14-12-25/h5,7-8,16,23H,3-4,6,9-14H2,1-2H3,(H,24,26)/b19-16-. The van der Waals surface area contributed by atoms with Crippen LogP contribution in [0.25, 0.3) is 0 Å². The van der Waals surface area contributed by atoms with E-state index in [9.17, 15) is 10.1 Å². The van der Waals surface area contributed by atoms with Crippen LogP contribution < -0.4 is 10.6 Å². The van der Waals surface area contributed by atoms with Crippen LogP contribution in [0, 0.1) is 11.3 Å². The number of nitrogens with one attached hydrogen (secondary N) is 2. The van der Waals surface area contributed by atoms with E-state index in [-0.39, 0.29) is 11.5 Å². The van der Waals surface area contributed by atoms with Crippen LogP contribution >= 0.6 is 0 Å². The molecule has 0 aliphatic carbocycles. The number of para-hydroxylation sites is 1. The van der Waals surface area contributed by atoms with Crippen LogP contribution in [0.5, 0.6) is 0 Å². The first-order valence-electron chi connectivity index (χ1n) is 9.75. The summed E-state index contributed by atoms with van der Waals surface area (Å²) in [4.78, 5) is 14.9. The highest BCUT2D eigenvalue weighted by molar-refractivity contribution is 6.07. The molecule has 0 saturated carbocycles. The number of nitrogens with zero attached hydrogens (tertiary/aromatic N) is 2. The molecular weight excluding hydrogens is 340 g/mol. The second-order valence-corrected chi connectivity index (χ2v) is 6.54. The smallest absolute Gasteiger partial charge is 0.267 e. The minimum absolute atomic E-state index is 0.0920. The van der Waals surface area contributed by atoms with E-state index in [1.165, 1.54) is 6.20 Å². The molecule has 1 aliphatic heterocycles. The van der Waals surface area contributed by atoms with Crippen molar-refractivity contribution in [2.45, 2.75) is 33.1 Å². The summed E-state index contributed by atoms with van der Waals surface area (Å²) in [5.74, 6) is -0.367. The summed E-state index contributed by atoms with van der Waals surface area (Å²) in [6.45, 7) is 9.36. The fourth-order valence-electron chi connectivity index (χ4n) is 3.14. The van der Waals surface area contributed by atoms with Crippen molar-refractivity contribution < 1.29 is 9.53 Å². The molecule has 2 N–H and O–H groups in total. The van der Waals surface area contributed by atoms with E-state index >= 15 is 0 Å². The molecule has 6 nitrogen and oxygen atoms in total. The highest BCUT2D eigenvalue weighted by Crippen LogP contribution is 2.23. The Morgan fingerprint density at radius 1 is 1.26 bits per heavy atom. The van der Waals surface area contributed by atoms with E-state index in [1.807, 2.05) is 24.3 Å². The first kappa shape index (κ1) is 20.9. The number of anilines is 1. The van der Waals surface area contributed by atoms with Gasteiger partial charge in [-0.3, -0.25) is 9.69 Å². The number of amides is 1. The Morgan fingerprint density at radius 2 is 1.93 bits per heavy atom. The third-order valence-corrected chi connectivity index (χ3v) is 4.75. The molecule has 6 heteroatoms. The van der Waals surface area contributed by atoms with Crippen molar-refractivity contribution in [1.82, 2.24) is 10.2 Å². The van der Waals surface area contributed by atoms with Crippen molar-refractivity contribution in [2.75, 3.05) is 44.7 Å². The average Bonchev–Trinajstić information content (AvgIpc) is 2.71. The van der Waals surface area contributed by atoms with Crippen molar-refractivity contribution in [3.63, 3.8) is 0 Å². The molecule has 27 heavy (non-hydrogen) atoms. The lowest BCUT2D eigenvalue weighted by atomic mass is 10.0. The van der Waals surface area contributed by atoms with Gasteiger partial charge in [0, 0.05) is 31.5 Å². The van der Waals surface area contributed by atoms with Crippen LogP contribution in [0.3, 0.4) is 0 Å². The Hall–Kier alpha value is -2.36. The summed E-state index contributed by atoms with van der Waals surface area (Å²) < 4.78 is 5.33. The highest BCUT2D eigenvalue weighted by Gasteiger charge is 2.14. The quantitative estimate of drug-likeness (QED) is 0.397. The number of morpholine rings is 1. The van der Waals surface area contributed by atoms with E-state index < -0.39 is 0 Å². The SMILES string of the molecule is CCc1cccc(CC)c1NC(=O)/C(C#N)=C\NCCCN1CCOCC1. The molecule has 0 spiro atoms. The van der Waals surface area contributed by atoms with Crippen LogP contribution in [-0.2, 0) is 22.4 Å². The maximum atomic E-state index is 12.5. The molecule has 0 unspecified atom stereocenters. The van der Waals surface area contributed by atoms with Gasteiger partial charge in [0.25, 0.3) is 5.91 Å². The summed E-state index contributed by atoms with van der Waals surface area (Å²) in [6.07, 6.45) is 4.13. The van der Waals surface area contributed by atoms with Crippen LogP contribution in [0.15, 0.2) is 30.0 Å². The number of rotatable bonds is 9. The van der Waals surface area contributed by atoms with Crippen LogP contribution in [0.1, 0.15) is 31.4 Å². The molecule has 1 fully saturated rings. The predicted molar refractivity (Wildman–Crippen MR) is 107 cm³/mol. The Kier molecular flexibility index (Phi) is 8.82. The monoisotopic (exact) mass is 370 g/mol. The van der Waals surface area contributed by atoms with Gasteiger partial charge in [0.2, 0.25) is 0 Å². The Bertz CT molecular complexity index is 666. The van der Waals surface area contributed by atoms with E-state index in [1.54, 1.807) is 0 Å². The van der Waals surface area contributed by atoms with Crippen molar-refractivity contribution in [3.05, 3.63) is 41.1 Å². The number of ether oxygens (including phenoxy) is 1. The van der Waals surface area contributed by atoms with Gasteiger partial charge in [-0.15, -0.1) is 0 Å². The lowest BCUT2D eigenvalue weighted by Crippen LogP contribution is -2.37. The molecule has 1 aliphatic rings. The number of carbonyl (C=O) groups excluding carboxylic acids is 1. The summed E-state index contributed by atoms with van der Waals surface area (Å²) >= 11 is 0. The lowest BCUT2D eigenvalue weighted by Gasteiger charge is -2.26. The van der Waals surface area contributed by atoms with Crippen molar-refractivity contribution in [3.8, 4) is 6.07 Å². The Morgan fingerprint density at radius 3 is 2.52 bits per heavy atom. The molecule has 0 bridgehead atoms. The zero-order valence-corrected chi connectivity index (χ0v) is 16.4. The molecule has 1 heterocycles. The van der Waals surface area contributed by atoms with Crippen LogP contribution in [0.4, 0.5) is 5.69 Å². The summed E-state index contributed by atoms with van der Waals surface area (Å²) in [5, 5.41) is 15.4. The lowest BCUT2D eigenvalue weighted by molar-refractivity contribution is -0.112. The van der Waals surface area contributed by atoms with Gasteiger partial charge in [0.15, 0.2) is 0 Å². The van der Waals surface area contributed by atoms with Gasteiger partial charge in [-0.05, 0) is 36.9 Å². The van der Waals surface area contributed by atoms with Crippen molar-refractivity contribution in [1.29, 1.82) is 5.26 Å². The van der Waals surface area contributed by atoms with Crippen molar-refractivity contribution in [2.24, 2.45) is 0 Å². The average molecular weight is 370 g/mol. The normalized spacial score (nSPS) is 15.2. The molecule has 0 radical (unpaired) electrons. The fourth-order valence-corrected chi connectivity index (χ4v) is 3.14. The molecule has 0 atom stereocenters. The third kappa shape index (κ3) is 6.38. The number of nitriles is 1. The zero-order valence-electron chi connectivity index (χ0n) is 16.4. The maximum absolute atomic E-state index is 12.5. The first-order valence-corrected chi connectivity index (χ1v) is 9.75. The first-order chi connectivity index (χ1) is 13.2. The van der Waals surface area contributed by atoms with E-state index in [0.717, 1.165) is 75.5 Å². The molecule has 1 aromatic carbocycles. The third-order valence-electron chi connectivity index (χ3n) is 4.75. The number of hydrogen-bond donors (Lipinski definition) is 2. The zero-order chi connectivity index (χ0) is 19.5. The van der Waals surface area contributed by atoms with Gasteiger partial charge in [-0.25, -0.2) is 0 Å². The molecule has 1 amide bonds. The minimum Gasteiger partial charge on any atom is -0.390 e. The van der Waals surface area contributed by atoms with Gasteiger partial charge >= 0.3 is 0 Å². The Labute approximate surface area is 162 Å². The minimum atomic E-state index is -0.367. The molecular formula is C21H30N4O2. The molecule has 0 aromatic heterocycles. The topological polar surface area (TPSA) is 77.4 Å². The van der Waals surface area contributed by atoms with E-state index in [2.05, 4.69) is 29.4 Å². The van der Waals surface area contributed by atoms with Gasteiger partial charge in [0.05, 0.1) is 13.2 Å². The number of carbonyl (C=O) groups is 1. The molecule has 1 aromatic rings. The second kappa shape index (κ2) is 11.4. The highest BCUT2D eigenvalue weighted by atomic mass is 16.5. The summed E-state index contributed by atoms with van der Waals surface area (Å²) in [5.41, 5.74) is 3.09. The number of aryl methyl sites for hydroxylation is 2. The number of hydrogen-bond acceptors (Lipinski definition) is 5. The van der Waals surface area contributed by atoms with Crippen molar-refractivity contribution >= 4 is 11.6 Å². The van der Waals surface area contributed by atoms with E-state index in [0.29, 0.717) is 0 Å². The van der Waals surface area contributed by atoms with Gasteiger partial charge in [-0.2, -0.15) is 5.26 Å². The molecule has 2 rings (SSSR count). The fraction of sp³-hybridized carbons (Fsp3) is 0.524. The van der Waals surface area contributed by atoms with Gasteiger partial charge in [0.1, 0.15) is 11.6 Å². The number of benzene rings is 1. The predicted octanol–water partition coefficient (Wildman–Crippen LogP) is 2.47.